The summed E-state index contributed by atoms with van der Waals surface area (Å²) in [6.07, 6.45) is 0. The molecule has 3 N–H and O–H groups in total. The highest BCUT2D eigenvalue weighted by molar-refractivity contribution is 9.10. The first-order chi connectivity index (χ1) is 12.2. The van der Waals surface area contributed by atoms with Gasteiger partial charge in [-0.1, -0.05) is 22.0 Å². The maximum atomic E-state index is 5.88. The first kappa shape index (κ1) is 19.5. The highest BCUT2D eigenvalue weighted by Gasteiger charge is 1.97. The number of hydrogen-bond acceptors (Lipinski definition) is 4. The molecule has 0 aliphatic heterocycles. The molecular weight excluding hydrogens is 402 g/mol. The van der Waals surface area contributed by atoms with Gasteiger partial charge in [0.1, 0.15) is 11.5 Å². The molecule has 0 aliphatic carbocycles. The number of guanidine groups is 1. The topological polar surface area (TPSA) is 68.9 Å². The largest absolute Gasteiger partial charge is 0.497 e. The number of nitrogens with two attached hydrogens (primary N) is 1. The van der Waals surface area contributed by atoms with Gasteiger partial charge in [-0.15, -0.1) is 0 Å². The lowest BCUT2D eigenvalue weighted by atomic mass is 10.3. The SMILES string of the molecule is COc1ccc(NC(N)=NCCSCCOc2cccc(Br)c2)cc1. The summed E-state index contributed by atoms with van der Waals surface area (Å²) in [5.74, 6) is 3.90. The molecule has 0 amide bonds. The summed E-state index contributed by atoms with van der Waals surface area (Å²) < 4.78 is 11.8. The minimum absolute atomic E-state index is 0.413. The van der Waals surface area contributed by atoms with Gasteiger partial charge in [0.25, 0.3) is 0 Å². The maximum absolute atomic E-state index is 5.88. The van der Waals surface area contributed by atoms with E-state index < -0.39 is 0 Å². The summed E-state index contributed by atoms with van der Waals surface area (Å²) in [4.78, 5) is 4.31. The Labute approximate surface area is 161 Å². The van der Waals surface area contributed by atoms with E-state index in [-0.39, 0.29) is 0 Å². The third-order valence-electron chi connectivity index (χ3n) is 3.17. The van der Waals surface area contributed by atoms with Gasteiger partial charge < -0.3 is 20.5 Å². The normalized spacial score (nSPS) is 11.2. The highest BCUT2D eigenvalue weighted by atomic mass is 79.9. The zero-order chi connectivity index (χ0) is 17.9. The zero-order valence-electron chi connectivity index (χ0n) is 14.1. The van der Waals surface area contributed by atoms with E-state index in [0.29, 0.717) is 19.1 Å². The number of methoxy groups -OCH3 is 1. The van der Waals surface area contributed by atoms with Crippen molar-refractivity contribution in [2.45, 2.75) is 0 Å². The summed E-state index contributed by atoms with van der Waals surface area (Å²) in [6.45, 7) is 1.33. The number of thioether (sulfide) groups is 1. The van der Waals surface area contributed by atoms with E-state index in [0.717, 1.165) is 33.2 Å². The average Bonchev–Trinajstić information content (AvgIpc) is 2.61. The van der Waals surface area contributed by atoms with Crippen LogP contribution in [0.1, 0.15) is 0 Å². The summed E-state index contributed by atoms with van der Waals surface area (Å²) in [5.41, 5.74) is 6.76. The Bertz CT molecular complexity index is 680. The standard InChI is InChI=1S/C18H22BrN3O2S/c1-23-16-7-5-15(6-8-16)22-18(20)21-9-11-25-12-10-24-17-4-2-3-14(19)13-17/h2-8,13H,9-12H2,1H3,(H3,20,21,22). The summed E-state index contributed by atoms with van der Waals surface area (Å²) >= 11 is 5.21. The van der Waals surface area contributed by atoms with E-state index in [1.165, 1.54) is 0 Å². The molecule has 0 heterocycles. The number of anilines is 1. The van der Waals surface area contributed by atoms with Gasteiger partial charge >= 0.3 is 0 Å². The molecule has 0 aromatic heterocycles. The smallest absolute Gasteiger partial charge is 0.193 e. The molecule has 7 heteroatoms. The molecule has 134 valence electrons. The number of hydrogen-bond donors (Lipinski definition) is 2. The van der Waals surface area contributed by atoms with Crippen LogP contribution in [0.15, 0.2) is 58.0 Å². The molecular formula is C18H22BrN3O2S. The van der Waals surface area contributed by atoms with Crippen molar-refractivity contribution >= 4 is 39.3 Å². The Hall–Kier alpha value is -1.86. The van der Waals surface area contributed by atoms with Crippen LogP contribution in [0.25, 0.3) is 0 Å². The fourth-order valence-corrected chi connectivity index (χ4v) is 2.97. The van der Waals surface area contributed by atoms with E-state index in [2.05, 4.69) is 26.2 Å². The van der Waals surface area contributed by atoms with Gasteiger partial charge in [-0.3, -0.25) is 4.99 Å². The number of ether oxygens (including phenoxy) is 2. The quantitative estimate of drug-likeness (QED) is 0.362. The second-order valence-electron chi connectivity index (χ2n) is 5.04. The van der Waals surface area contributed by atoms with Crippen molar-refractivity contribution in [1.29, 1.82) is 0 Å². The monoisotopic (exact) mass is 423 g/mol. The Kier molecular flexibility index (Phi) is 8.48. The lowest BCUT2D eigenvalue weighted by molar-refractivity contribution is 0.344. The molecule has 0 bridgehead atoms. The molecule has 0 spiro atoms. The first-order valence-corrected chi connectivity index (χ1v) is 9.79. The zero-order valence-corrected chi connectivity index (χ0v) is 16.5. The molecule has 2 rings (SSSR count). The van der Waals surface area contributed by atoms with Crippen molar-refractivity contribution in [1.82, 2.24) is 0 Å². The lowest BCUT2D eigenvalue weighted by Gasteiger charge is -2.07. The molecule has 2 aromatic carbocycles. The molecule has 5 nitrogen and oxygen atoms in total. The van der Waals surface area contributed by atoms with Crippen molar-refractivity contribution in [2.75, 3.05) is 37.1 Å². The van der Waals surface area contributed by atoms with Crippen molar-refractivity contribution < 1.29 is 9.47 Å². The first-order valence-electron chi connectivity index (χ1n) is 7.84. The van der Waals surface area contributed by atoms with Crippen molar-refractivity contribution in [3.05, 3.63) is 53.0 Å². The minimum Gasteiger partial charge on any atom is -0.497 e. The van der Waals surface area contributed by atoms with Gasteiger partial charge in [-0.2, -0.15) is 11.8 Å². The Morgan fingerprint density at radius 1 is 1.16 bits per heavy atom. The lowest BCUT2D eigenvalue weighted by Crippen LogP contribution is -2.23. The Balaban J connectivity index is 1.58. The van der Waals surface area contributed by atoms with Crippen LogP contribution in [0.4, 0.5) is 5.69 Å². The van der Waals surface area contributed by atoms with E-state index >= 15 is 0 Å². The summed E-state index contributed by atoms with van der Waals surface area (Å²) in [5, 5.41) is 3.06. The number of aliphatic imine (C=N–C) groups is 1. The molecule has 0 aliphatic rings. The average molecular weight is 424 g/mol. The number of nitrogens with one attached hydrogen (secondary N) is 1. The Morgan fingerprint density at radius 2 is 1.96 bits per heavy atom. The number of nitrogens with zero attached hydrogens (tertiary/aromatic N) is 1. The van der Waals surface area contributed by atoms with E-state index in [1.807, 2.05) is 48.5 Å². The molecule has 0 fully saturated rings. The van der Waals surface area contributed by atoms with Gasteiger partial charge in [-0.25, -0.2) is 0 Å². The molecule has 0 unspecified atom stereocenters. The van der Waals surface area contributed by atoms with Crippen LogP contribution >= 0.6 is 27.7 Å². The van der Waals surface area contributed by atoms with Gasteiger partial charge in [-0.05, 0) is 42.5 Å². The predicted molar refractivity (Wildman–Crippen MR) is 110 cm³/mol. The molecule has 2 aromatic rings. The summed E-state index contributed by atoms with van der Waals surface area (Å²) in [6, 6.07) is 15.4. The van der Waals surface area contributed by atoms with Crippen LogP contribution in [-0.4, -0.2) is 37.7 Å². The van der Waals surface area contributed by atoms with Gasteiger partial charge in [0.2, 0.25) is 0 Å². The number of benzene rings is 2. The van der Waals surface area contributed by atoms with Crippen LogP contribution in [0, 0.1) is 0 Å². The Morgan fingerprint density at radius 3 is 2.68 bits per heavy atom. The van der Waals surface area contributed by atoms with Crippen LogP contribution in [0.2, 0.25) is 0 Å². The second kappa shape index (κ2) is 10.9. The fourth-order valence-electron chi connectivity index (χ4n) is 1.97. The number of halogens is 1. The van der Waals surface area contributed by atoms with Crippen LogP contribution in [0.5, 0.6) is 11.5 Å². The van der Waals surface area contributed by atoms with E-state index in [9.17, 15) is 0 Å². The van der Waals surface area contributed by atoms with E-state index in [4.69, 9.17) is 15.2 Å². The fraction of sp³-hybridized carbons (Fsp3) is 0.278. The van der Waals surface area contributed by atoms with Crippen molar-refractivity contribution in [3.63, 3.8) is 0 Å². The van der Waals surface area contributed by atoms with Gasteiger partial charge in [0.05, 0.1) is 20.3 Å². The van der Waals surface area contributed by atoms with Gasteiger partial charge in [0.15, 0.2) is 5.96 Å². The van der Waals surface area contributed by atoms with Crippen LogP contribution in [-0.2, 0) is 0 Å². The van der Waals surface area contributed by atoms with Gasteiger partial charge in [0, 0.05) is 21.7 Å². The van der Waals surface area contributed by atoms with Crippen molar-refractivity contribution in [3.8, 4) is 11.5 Å². The molecule has 0 radical (unpaired) electrons. The molecule has 0 atom stereocenters. The second-order valence-corrected chi connectivity index (χ2v) is 7.18. The van der Waals surface area contributed by atoms with Crippen molar-refractivity contribution in [2.24, 2.45) is 10.7 Å². The third kappa shape index (κ3) is 7.70. The van der Waals surface area contributed by atoms with Crippen LogP contribution in [0.3, 0.4) is 0 Å². The minimum atomic E-state index is 0.413. The molecule has 25 heavy (non-hydrogen) atoms. The third-order valence-corrected chi connectivity index (χ3v) is 4.59. The number of rotatable bonds is 9. The predicted octanol–water partition coefficient (Wildman–Crippen LogP) is 4.00. The molecule has 0 saturated carbocycles. The molecule has 0 saturated heterocycles. The van der Waals surface area contributed by atoms with E-state index in [1.54, 1.807) is 18.9 Å². The van der Waals surface area contributed by atoms with Crippen LogP contribution < -0.4 is 20.5 Å². The summed E-state index contributed by atoms with van der Waals surface area (Å²) in [7, 11) is 1.64. The highest BCUT2D eigenvalue weighted by Crippen LogP contribution is 2.18. The maximum Gasteiger partial charge on any atom is 0.193 e.